The van der Waals surface area contributed by atoms with E-state index < -0.39 is 5.60 Å². The molecule has 2 heterocycles. The van der Waals surface area contributed by atoms with E-state index in [1.165, 1.54) is 0 Å². The van der Waals surface area contributed by atoms with Gasteiger partial charge in [-0.15, -0.1) is 0 Å². The summed E-state index contributed by atoms with van der Waals surface area (Å²) in [5, 5.41) is 23.1. The quantitative estimate of drug-likeness (QED) is 0.815. The Kier molecular flexibility index (Phi) is 4.43. The molecule has 4 unspecified atom stereocenters. The topological polar surface area (TPSA) is 98.5 Å². The molecule has 5 fully saturated rings. The number of nitriles is 1. The number of rotatable bonds is 3. The van der Waals surface area contributed by atoms with Gasteiger partial charge in [-0.2, -0.15) is 5.26 Å². The Morgan fingerprint density at radius 2 is 2.10 bits per heavy atom. The van der Waals surface area contributed by atoms with Crippen molar-refractivity contribution in [3.05, 3.63) is 23.4 Å². The van der Waals surface area contributed by atoms with Crippen molar-refractivity contribution in [2.75, 3.05) is 18.4 Å². The van der Waals surface area contributed by atoms with Crippen molar-refractivity contribution in [1.82, 2.24) is 9.88 Å². The number of hydrogen-bond donors (Lipinski definition) is 2. The highest BCUT2D eigenvalue weighted by Gasteiger charge is 2.56. The van der Waals surface area contributed by atoms with Crippen LogP contribution in [0.15, 0.2) is 12.1 Å². The number of carbonyl (C=O) groups is 1. The minimum atomic E-state index is -0.506. The SMILES string of the molecule is Cc1nc(N[C@@H]2CCN(C(=O)OC3C4CC5C[C@H]3CC(O)(C5)C4)C2)ccc1C#N. The smallest absolute Gasteiger partial charge is 0.410 e. The van der Waals surface area contributed by atoms with Crippen molar-refractivity contribution < 1.29 is 14.6 Å². The lowest BCUT2D eigenvalue weighted by atomic mass is 9.53. The monoisotopic (exact) mass is 396 g/mol. The van der Waals surface area contributed by atoms with Gasteiger partial charge in [0.15, 0.2) is 0 Å². The molecule has 2 N–H and O–H groups in total. The Hall–Kier alpha value is -2.33. The molecule has 154 valence electrons. The van der Waals surface area contributed by atoms with Gasteiger partial charge in [-0.25, -0.2) is 9.78 Å². The van der Waals surface area contributed by atoms with Gasteiger partial charge in [0.25, 0.3) is 0 Å². The van der Waals surface area contributed by atoms with Gasteiger partial charge in [-0.3, -0.25) is 0 Å². The molecule has 0 aromatic carbocycles. The first kappa shape index (κ1) is 18.7. The number of nitrogens with zero attached hydrogens (tertiary/aromatic N) is 3. The molecular weight excluding hydrogens is 368 g/mol. The summed E-state index contributed by atoms with van der Waals surface area (Å²) in [5.74, 6) is 1.97. The Bertz CT molecular complexity index is 850. The van der Waals surface area contributed by atoms with Gasteiger partial charge in [-0.1, -0.05) is 0 Å². The maximum atomic E-state index is 12.8. The third kappa shape index (κ3) is 3.44. The highest BCUT2D eigenvalue weighted by molar-refractivity contribution is 5.68. The molecule has 5 aliphatic rings. The number of aliphatic hydroxyl groups is 1. The standard InChI is InChI=1S/C22H28N4O3/c1-13-15(11-23)2-3-19(24-13)25-18-4-5-26(12-18)21(27)29-20-16-6-14-7-17(20)10-22(28,8-14)9-16/h2-3,14,16-18,20,28H,4-10,12H2,1H3,(H,24,25)/t14?,16-,17?,18+,20?,22?/m0/s1. The summed E-state index contributed by atoms with van der Waals surface area (Å²) >= 11 is 0. The van der Waals surface area contributed by atoms with Crippen LogP contribution in [0.5, 0.6) is 0 Å². The maximum absolute atomic E-state index is 12.8. The predicted octanol–water partition coefficient (Wildman–Crippen LogP) is 2.82. The van der Waals surface area contributed by atoms with Crippen LogP contribution >= 0.6 is 0 Å². The van der Waals surface area contributed by atoms with E-state index in [1.807, 2.05) is 13.0 Å². The van der Waals surface area contributed by atoms with Gasteiger partial charge in [0.1, 0.15) is 18.0 Å². The van der Waals surface area contributed by atoms with Crippen molar-refractivity contribution in [3.8, 4) is 6.07 Å². The molecular formula is C22H28N4O3. The van der Waals surface area contributed by atoms with Crippen LogP contribution in [-0.4, -0.2) is 51.9 Å². The molecule has 7 nitrogen and oxygen atoms in total. The van der Waals surface area contributed by atoms with Crippen molar-refractivity contribution in [2.24, 2.45) is 17.8 Å². The molecule has 29 heavy (non-hydrogen) atoms. The van der Waals surface area contributed by atoms with Crippen LogP contribution in [0, 0.1) is 36.0 Å². The van der Waals surface area contributed by atoms with Gasteiger partial charge < -0.3 is 20.1 Å². The number of aryl methyl sites for hydroxylation is 1. The van der Waals surface area contributed by atoms with E-state index in [1.54, 1.807) is 11.0 Å². The number of ether oxygens (including phenoxy) is 1. The van der Waals surface area contributed by atoms with E-state index in [0.29, 0.717) is 42.1 Å². The summed E-state index contributed by atoms with van der Waals surface area (Å²) in [6, 6.07) is 5.83. The van der Waals surface area contributed by atoms with Gasteiger partial charge in [0.05, 0.1) is 16.9 Å². The van der Waals surface area contributed by atoms with Crippen LogP contribution in [0.3, 0.4) is 0 Å². The van der Waals surface area contributed by atoms with Gasteiger partial charge >= 0.3 is 6.09 Å². The lowest BCUT2D eigenvalue weighted by molar-refractivity contribution is -0.177. The second kappa shape index (κ2) is 6.88. The van der Waals surface area contributed by atoms with E-state index >= 15 is 0 Å². The van der Waals surface area contributed by atoms with Gasteiger partial charge in [0.2, 0.25) is 0 Å². The highest BCUT2D eigenvalue weighted by Crippen LogP contribution is 2.56. The number of carbonyl (C=O) groups excluding carboxylic acids is 1. The first-order valence-electron chi connectivity index (χ1n) is 10.7. The lowest BCUT2D eigenvalue weighted by Gasteiger charge is -2.57. The average molecular weight is 396 g/mol. The van der Waals surface area contributed by atoms with Crippen molar-refractivity contribution in [1.29, 1.82) is 5.26 Å². The van der Waals surface area contributed by atoms with Crippen molar-refractivity contribution in [3.63, 3.8) is 0 Å². The van der Waals surface area contributed by atoms with E-state index in [4.69, 9.17) is 10.00 Å². The van der Waals surface area contributed by atoms with Crippen LogP contribution in [-0.2, 0) is 4.74 Å². The largest absolute Gasteiger partial charge is 0.446 e. The van der Waals surface area contributed by atoms with E-state index in [2.05, 4.69) is 16.4 Å². The van der Waals surface area contributed by atoms with Crippen LogP contribution < -0.4 is 5.32 Å². The zero-order valence-electron chi connectivity index (χ0n) is 16.8. The van der Waals surface area contributed by atoms with Crippen molar-refractivity contribution in [2.45, 2.75) is 63.2 Å². The van der Waals surface area contributed by atoms with Gasteiger partial charge in [-0.05, 0) is 75.3 Å². The molecule has 0 spiro atoms. The Balaban J connectivity index is 1.17. The molecule has 6 atom stereocenters. The number of pyridine rings is 1. The minimum absolute atomic E-state index is 0.0332. The number of anilines is 1. The second-order valence-electron chi connectivity index (χ2n) is 9.56. The molecule has 1 aromatic heterocycles. The first-order chi connectivity index (χ1) is 13.9. The normalized spacial score (nSPS) is 37.4. The molecule has 4 saturated carbocycles. The molecule has 6 rings (SSSR count). The fraction of sp³-hybridized carbons (Fsp3) is 0.682. The molecule has 1 saturated heterocycles. The fourth-order valence-electron chi connectivity index (χ4n) is 6.33. The first-order valence-corrected chi connectivity index (χ1v) is 10.7. The molecule has 1 aromatic rings. The Morgan fingerprint density at radius 3 is 2.76 bits per heavy atom. The molecule has 0 radical (unpaired) electrons. The molecule has 1 aliphatic heterocycles. The van der Waals surface area contributed by atoms with Crippen LogP contribution in [0.4, 0.5) is 10.6 Å². The lowest BCUT2D eigenvalue weighted by Crippen LogP contribution is -2.58. The Morgan fingerprint density at radius 1 is 1.34 bits per heavy atom. The summed E-state index contributed by atoms with van der Waals surface area (Å²) in [5.41, 5.74) is 0.775. The number of likely N-dealkylation sites (tertiary alicyclic amines) is 1. The Labute approximate surface area is 171 Å². The molecule has 4 bridgehead atoms. The van der Waals surface area contributed by atoms with Crippen LogP contribution in [0.1, 0.15) is 49.8 Å². The van der Waals surface area contributed by atoms with Crippen LogP contribution in [0.2, 0.25) is 0 Å². The summed E-state index contributed by atoms with van der Waals surface area (Å²) in [6.45, 7) is 3.08. The van der Waals surface area contributed by atoms with Gasteiger partial charge in [0, 0.05) is 19.1 Å². The average Bonchev–Trinajstić information content (AvgIpc) is 3.12. The summed E-state index contributed by atoms with van der Waals surface area (Å²) in [6.07, 6.45) is 5.27. The molecule has 1 amide bonds. The number of aromatic nitrogens is 1. The van der Waals surface area contributed by atoms with Crippen LogP contribution in [0.25, 0.3) is 0 Å². The summed E-state index contributed by atoms with van der Waals surface area (Å²) in [4.78, 5) is 19.0. The number of amides is 1. The summed E-state index contributed by atoms with van der Waals surface area (Å²) in [7, 11) is 0. The zero-order chi connectivity index (χ0) is 20.2. The molecule has 4 aliphatic carbocycles. The fourth-order valence-corrected chi connectivity index (χ4v) is 6.33. The minimum Gasteiger partial charge on any atom is -0.446 e. The number of hydrogen-bond acceptors (Lipinski definition) is 6. The number of nitrogens with one attached hydrogen (secondary N) is 1. The van der Waals surface area contributed by atoms with Crippen molar-refractivity contribution >= 4 is 11.9 Å². The van der Waals surface area contributed by atoms with E-state index in [-0.39, 0.29) is 18.2 Å². The summed E-state index contributed by atoms with van der Waals surface area (Å²) < 4.78 is 6.00. The zero-order valence-corrected chi connectivity index (χ0v) is 16.8. The maximum Gasteiger partial charge on any atom is 0.410 e. The second-order valence-corrected chi connectivity index (χ2v) is 9.56. The molecule has 7 heteroatoms. The predicted molar refractivity (Wildman–Crippen MR) is 106 cm³/mol. The third-order valence-electron chi connectivity index (χ3n) is 7.40. The third-order valence-corrected chi connectivity index (χ3v) is 7.40. The highest BCUT2D eigenvalue weighted by atomic mass is 16.6. The van der Waals surface area contributed by atoms with E-state index in [9.17, 15) is 9.90 Å². The van der Waals surface area contributed by atoms with E-state index in [0.717, 1.165) is 44.3 Å².